The van der Waals surface area contributed by atoms with Gasteiger partial charge in [0.05, 0.1) is 18.2 Å². The van der Waals surface area contributed by atoms with Crippen molar-refractivity contribution in [2.24, 2.45) is 5.92 Å². The summed E-state index contributed by atoms with van der Waals surface area (Å²) in [5.74, 6) is -0.401. The first-order valence-corrected chi connectivity index (χ1v) is 21.6. The molecule has 0 radical (unpaired) electrons. The SMILES string of the molecule is O=C(c1ccc(CNC[C@H](O)c2ccc(O)c3[nH]c(=O)ccc23)cc1)N1CCC(c2cccc([C@](O)(C(=O)OCC3CCN(Cc4ccccc4)CC3)c3ccccc3)c2)CC1. The Morgan fingerprint density at radius 1 is 0.774 bits per heavy atom. The number of aliphatic hydroxyl groups is 2. The number of H-pyrrole nitrogens is 1. The third-order valence-corrected chi connectivity index (χ3v) is 12.6. The molecule has 11 nitrogen and oxygen atoms in total. The van der Waals surface area contributed by atoms with Crippen LogP contribution in [0.25, 0.3) is 10.9 Å². The molecule has 5 aromatic carbocycles. The molecule has 2 saturated heterocycles. The zero-order valence-electron chi connectivity index (χ0n) is 34.8. The minimum Gasteiger partial charge on any atom is -0.506 e. The molecular weight excluding hydrogens is 781 g/mol. The van der Waals surface area contributed by atoms with Crippen molar-refractivity contribution in [2.75, 3.05) is 39.3 Å². The summed E-state index contributed by atoms with van der Waals surface area (Å²) >= 11 is 0. The lowest BCUT2D eigenvalue weighted by Gasteiger charge is -2.34. The molecule has 0 unspecified atom stereocenters. The lowest BCUT2D eigenvalue weighted by atomic mass is 9.82. The second-order valence-electron chi connectivity index (χ2n) is 16.7. The van der Waals surface area contributed by atoms with Crippen LogP contribution in [0.5, 0.6) is 5.75 Å². The smallest absolute Gasteiger partial charge is 0.347 e. The van der Waals surface area contributed by atoms with Gasteiger partial charge in [-0.05, 0) is 108 Å². The zero-order valence-corrected chi connectivity index (χ0v) is 34.8. The molecule has 2 aliphatic rings. The Kier molecular flexibility index (Phi) is 13.3. The highest BCUT2D eigenvalue weighted by atomic mass is 16.5. The van der Waals surface area contributed by atoms with Crippen molar-refractivity contribution in [2.45, 2.75) is 56.4 Å². The van der Waals surface area contributed by atoms with Gasteiger partial charge >= 0.3 is 5.97 Å². The number of nitrogens with zero attached hydrogens (tertiary/aromatic N) is 2. The number of phenolic OH excluding ortho intramolecular Hbond substituents is 1. The highest BCUT2D eigenvalue weighted by Gasteiger charge is 2.42. The number of carbonyl (C=O) groups is 2. The predicted octanol–water partition coefficient (Wildman–Crippen LogP) is 6.77. The van der Waals surface area contributed by atoms with Crippen molar-refractivity contribution < 1.29 is 29.6 Å². The summed E-state index contributed by atoms with van der Waals surface area (Å²) in [6.45, 7) is 4.88. The highest BCUT2D eigenvalue weighted by Crippen LogP contribution is 2.36. The van der Waals surface area contributed by atoms with Gasteiger partial charge in [-0.25, -0.2) is 4.79 Å². The standard InChI is InChI=1S/C51H54N4O7/c56-45-20-18-43(44-19-21-47(58)53-48(44)45)46(57)32-52-31-35-14-16-39(17-15-35)49(59)55-28-24-38(25-29-55)40-10-7-13-42(30-40)51(61,41-11-5-2-6-12-41)50(60)62-34-37-22-26-54(27-23-37)33-36-8-3-1-4-9-36/h1-21,30,37-38,46,52,56-57,61H,22-29,31-34H2,(H,53,58)/t46-,51-/m0/s1. The van der Waals surface area contributed by atoms with E-state index in [-0.39, 0.29) is 47.7 Å². The fourth-order valence-electron chi connectivity index (χ4n) is 8.93. The topological polar surface area (TPSA) is 155 Å². The molecule has 11 heteroatoms. The predicted molar refractivity (Wildman–Crippen MR) is 239 cm³/mol. The van der Waals surface area contributed by atoms with Gasteiger partial charge in [-0.15, -0.1) is 0 Å². The van der Waals surface area contributed by atoms with E-state index in [0.717, 1.165) is 56.4 Å². The van der Waals surface area contributed by atoms with Crippen LogP contribution in [0, 0.1) is 5.92 Å². The number of phenols is 1. The van der Waals surface area contributed by atoms with Crippen molar-refractivity contribution in [3.8, 4) is 5.75 Å². The average molecular weight is 835 g/mol. The number of likely N-dealkylation sites (tertiary alicyclic amines) is 2. The number of hydrogen-bond donors (Lipinski definition) is 5. The normalized spacial score (nSPS) is 16.8. The van der Waals surface area contributed by atoms with Gasteiger partial charge in [-0.1, -0.05) is 103 Å². The number of carbonyl (C=O) groups excluding carboxylic acids is 2. The number of aromatic hydroxyl groups is 1. The molecule has 0 bridgehead atoms. The maximum absolute atomic E-state index is 14.0. The molecule has 6 aromatic rings. The first kappa shape index (κ1) is 42.6. The van der Waals surface area contributed by atoms with Crippen LogP contribution < -0.4 is 10.9 Å². The molecule has 2 atom stereocenters. The number of aliphatic hydroxyl groups excluding tert-OH is 1. The van der Waals surface area contributed by atoms with E-state index in [2.05, 4.69) is 39.5 Å². The van der Waals surface area contributed by atoms with Gasteiger partial charge in [0, 0.05) is 49.7 Å². The number of nitrogens with one attached hydrogen (secondary N) is 2. The fourth-order valence-corrected chi connectivity index (χ4v) is 8.93. The van der Waals surface area contributed by atoms with Crippen molar-refractivity contribution in [3.05, 3.63) is 183 Å². The van der Waals surface area contributed by atoms with Gasteiger partial charge in [0.25, 0.3) is 5.91 Å². The second-order valence-corrected chi connectivity index (χ2v) is 16.7. The molecule has 62 heavy (non-hydrogen) atoms. The molecule has 8 rings (SSSR count). The molecular formula is C51H54N4O7. The first-order valence-electron chi connectivity index (χ1n) is 21.6. The molecule has 3 heterocycles. The third-order valence-electron chi connectivity index (χ3n) is 12.6. The third kappa shape index (κ3) is 9.66. The maximum Gasteiger partial charge on any atom is 0.347 e. The molecule has 1 aromatic heterocycles. The molecule has 320 valence electrons. The van der Waals surface area contributed by atoms with E-state index in [1.165, 1.54) is 17.7 Å². The first-order chi connectivity index (χ1) is 30.2. The van der Waals surface area contributed by atoms with Crippen LogP contribution in [-0.4, -0.2) is 81.3 Å². The van der Waals surface area contributed by atoms with Crippen LogP contribution in [0.15, 0.2) is 138 Å². The molecule has 1 amide bonds. The van der Waals surface area contributed by atoms with Crippen LogP contribution in [-0.2, 0) is 28.2 Å². The number of aromatic nitrogens is 1. The number of esters is 1. The van der Waals surface area contributed by atoms with E-state index >= 15 is 0 Å². The van der Waals surface area contributed by atoms with Crippen molar-refractivity contribution >= 4 is 22.8 Å². The molecule has 0 saturated carbocycles. The number of aromatic amines is 1. The van der Waals surface area contributed by atoms with Gasteiger partial charge in [0.1, 0.15) is 5.75 Å². The molecule has 0 spiro atoms. The Morgan fingerprint density at radius 3 is 2.19 bits per heavy atom. The number of hydrogen-bond acceptors (Lipinski definition) is 9. The number of rotatable bonds is 14. The summed E-state index contributed by atoms with van der Waals surface area (Å²) in [4.78, 5) is 46.3. The molecule has 2 fully saturated rings. The minimum atomic E-state index is -1.98. The number of pyridine rings is 1. The number of piperidine rings is 2. The summed E-state index contributed by atoms with van der Waals surface area (Å²) in [6, 6.07) is 40.6. The lowest BCUT2D eigenvalue weighted by molar-refractivity contribution is -0.164. The Balaban J connectivity index is 0.844. The van der Waals surface area contributed by atoms with E-state index < -0.39 is 17.7 Å². The quantitative estimate of drug-likeness (QED) is 0.0749. The highest BCUT2D eigenvalue weighted by molar-refractivity contribution is 5.94. The largest absolute Gasteiger partial charge is 0.506 e. The number of ether oxygens (including phenoxy) is 1. The summed E-state index contributed by atoms with van der Waals surface area (Å²) < 4.78 is 5.97. The van der Waals surface area contributed by atoms with Crippen LogP contribution in [0.2, 0.25) is 0 Å². The van der Waals surface area contributed by atoms with Crippen LogP contribution in [0.1, 0.15) is 81.4 Å². The van der Waals surface area contributed by atoms with Gasteiger partial charge in [-0.3, -0.25) is 14.5 Å². The molecule has 2 aliphatic heterocycles. The average Bonchev–Trinajstić information content (AvgIpc) is 3.32. The monoisotopic (exact) mass is 834 g/mol. The summed E-state index contributed by atoms with van der Waals surface area (Å²) in [6.07, 6.45) is 2.44. The lowest BCUT2D eigenvalue weighted by Crippen LogP contribution is -2.41. The van der Waals surface area contributed by atoms with Crippen molar-refractivity contribution in [1.82, 2.24) is 20.1 Å². The second kappa shape index (κ2) is 19.3. The van der Waals surface area contributed by atoms with Gasteiger partial charge in [-0.2, -0.15) is 0 Å². The van der Waals surface area contributed by atoms with E-state index in [1.54, 1.807) is 30.3 Å². The zero-order chi connectivity index (χ0) is 43.1. The Morgan fingerprint density at radius 2 is 1.47 bits per heavy atom. The van der Waals surface area contributed by atoms with E-state index in [9.17, 15) is 29.7 Å². The van der Waals surface area contributed by atoms with Crippen LogP contribution in [0.4, 0.5) is 0 Å². The van der Waals surface area contributed by atoms with E-state index in [4.69, 9.17) is 4.74 Å². The molecule has 0 aliphatic carbocycles. The maximum atomic E-state index is 14.0. The molecule has 5 N–H and O–H groups in total. The summed E-state index contributed by atoms with van der Waals surface area (Å²) in [5, 5.41) is 37.2. The van der Waals surface area contributed by atoms with E-state index in [0.29, 0.717) is 47.3 Å². The summed E-state index contributed by atoms with van der Waals surface area (Å²) in [7, 11) is 0. The summed E-state index contributed by atoms with van der Waals surface area (Å²) in [5.41, 5.74) is 3.35. The van der Waals surface area contributed by atoms with Crippen molar-refractivity contribution in [3.63, 3.8) is 0 Å². The Hall–Kier alpha value is -6.11. The Labute approximate surface area is 361 Å². The Bertz CT molecular complexity index is 2510. The van der Waals surface area contributed by atoms with Crippen LogP contribution in [0.3, 0.4) is 0 Å². The van der Waals surface area contributed by atoms with Crippen molar-refractivity contribution in [1.29, 1.82) is 0 Å². The number of benzene rings is 5. The van der Waals surface area contributed by atoms with Gasteiger partial charge < -0.3 is 35.3 Å². The number of fused-ring (bicyclic) bond motifs is 1. The fraction of sp³-hybridized carbons (Fsp3) is 0.314. The van der Waals surface area contributed by atoms with Crippen LogP contribution >= 0.6 is 0 Å². The van der Waals surface area contributed by atoms with E-state index in [1.807, 2.05) is 71.6 Å². The minimum absolute atomic E-state index is 0.0348. The number of amides is 1. The van der Waals surface area contributed by atoms with Gasteiger partial charge in [0.2, 0.25) is 11.2 Å². The van der Waals surface area contributed by atoms with Gasteiger partial charge in [0.15, 0.2) is 0 Å².